The second-order valence-corrected chi connectivity index (χ2v) is 7.73. The Balaban J connectivity index is 1.93. The number of amides is 1. The van der Waals surface area contributed by atoms with Crippen molar-refractivity contribution in [1.29, 1.82) is 0 Å². The number of hydrogen-bond acceptors (Lipinski definition) is 5. The molecule has 0 radical (unpaired) electrons. The molecular weight excluding hydrogens is 390 g/mol. The van der Waals surface area contributed by atoms with Crippen LogP contribution in [0.5, 0.6) is 0 Å². The zero-order valence-electron chi connectivity index (χ0n) is 19.3. The maximum Gasteiger partial charge on any atom is 0.241 e. The average Bonchev–Trinajstić information content (AvgIpc) is 2.78. The van der Waals surface area contributed by atoms with E-state index in [2.05, 4.69) is 44.7 Å². The van der Waals surface area contributed by atoms with Gasteiger partial charge in [0.05, 0.1) is 18.8 Å². The van der Waals surface area contributed by atoms with Crippen LogP contribution in [0.2, 0.25) is 0 Å². The van der Waals surface area contributed by atoms with Gasteiger partial charge in [-0.3, -0.25) is 4.79 Å². The van der Waals surface area contributed by atoms with Crippen LogP contribution in [0.4, 0.5) is 11.5 Å². The number of guanidine groups is 1. The normalized spacial score (nSPS) is 11.1. The van der Waals surface area contributed by atoms with E-state index in [0.717, 1.165) is 31.0 Å². The Bertz CT molecular complexity index is 837. The number of nitrogens with one attached hydrogen (secondary N) is 2. The zero-order valence-corrected chi connectivity index (χ0v) is 19.3. The fourth-order valence-electron chi connectivity index (χ4n) is 2.79. The van der Waals surface area contributed by atoms with Gasteiger partial charge in [0, 0.05) is 54.0 Å². The highest BCUT2D eigenvalue weighted by Gasteiger charge is 2.07. The highest BCUT2D eigenvalue weighted by Crippen LogP contribution is 2.11. The van der Waals surface area contributed by atoms with Gasteiger partial charge in [0.2, 0.25) is 5.91 Å². The van der Waals surface area contributed by atoms with Gasteiger partial charge in [-0.05, 0) is 30.7 Å². The van der Waals surface area contributed by atoms with Crippen molar-refractivity contribution in [3.05, 3.63) is 54.2 Å². The van der Waals surface area contributed by atoms with Crippen LogP contribution in [0.15, 0.2) is 53.5 Å². The van der Waals surface area contributed by atoms with Gasteiger partial charge in [0.1, 0.15) is 5.82 Å². The number of aliphatic imine (C=N–C) groups is 1. The average molecular weight is 426 g/mol. The number of anilines is 2. The Morgan fingerprint density at radius 2 is 1.71 bits per heavy atom. The molecule has 0 saturated heterocycles. The minimum Gasteiger partial charge on any atom is -0.375 e. The smallest absolute Gasteiger partial charge is 0.241 e. The summed E-state index contributed by atoms with van der Waals surface area (Å²) >= 11 is 0. The maximum absolute atomic E-state index is 12.0. The molecule has 0 atom stereocenters. The largest absolute Gasteiger partial charge is 0.375 e. The van der Waals surface area contributed by atoms with Crippen molar-refractivity contribution >= 4 is 23.4 Å². The fraction of sp³-hybridized carbons (Fsp3) is 0.435. The molecule has 2 N–H and O–H groups in total. The lowest BCUT2D eigenvalue weighted by Gasteiger charge is -2.20. The first-order chi connectivity index (χ1) is 14.9. The molecule has 168 valence electrons. The molecule has 1 aromatic carbocycles. The number of rotatable bonds is 10. The van der Waals surface area contributed by atoms with E-state index in [9.17, 15) is 4.79 Å². The van der Waals surface area contributed by atoms with Crippen LogP contribution in [0.3, 0.4) is 0 Å². The van der Waals surface area contributed by atoms with Gasteiger partial charge >= 0.3 is 0 Å². The van der Waals surface area contributed by atoms with Gasteiger partial charge in [-0.15, -0.1) is 0 Å². The molecule has 0 bridgehead atoms. The summed E-state index contributed by atoms with van der Waals surface area (Å²) in [5, 5.41) is 6.46. The number of carbonyl (C=O) groups is 1. The first-order valence-corrected chi connectivity index (χ1v) is 10.5. The van der Waals surface area contributed by atoms with Crippen LogP contribution in [0.25, 0.3) is 0 Å². The number of aromatic nitrogens is 1. The summed E-state index contributed by atoms with van der Waals surface area (Å²) in [5.41, 5.74) is 2.06. The van der Waals surface area contributed by atoms with Gasteiger partial charge in [-0.1, -0.05) is 24.3 Å². The molecule has 2 aromatic rings. The van der Waals surface area contributed by atoms with Crippen molar-refractivity contribution in [3.63, 3.8) is 0 Å². The molecule has 2 rings (SSSR count). The number of benzene rings is 1. The van der Waals surface area contributed by atoms with E-state index in [1.54, 1.807) is 19.0 Å². The summed E-state index contributed by atoms with van der Waals surface area (Å²) in [5.74, 6) is 1.49. The molecule has 8 heteroatoms. The quantitative estimate of drug-likeness (QED) is 0.343. The van der Waals surface area contributed by atoms with Gasteiger partial charge in [0.25, 0.3) is 0 Å². The summed E-state index contributed by atoms with van der Waals surface area (Å²) in [6, 6.07) is 16.2. The molecule has 0 aliphatic heterocycles. The van der Waals surface area contributed by atoms with Crippen LogP contribution in [0.1, 0.15) is 12.1 Å². The number of carbonyl (C=O) groups excluding carboxylic acids is 1. The molecule has 0 unspecified atom stereocenters. The lowest BCUT2D eigenvalue weighted by molar-refractivity contribution is -0.127. The van der Waals surface area contributed by atoms with Crippen molar-refractivity contribution < 1.29 is 4.79 Å². The third-order valence-corrected chi connectivity index (χ3v) is 4.72. The summed E-state index contributed by atoms with van der Waals surface area (Å²) in [6.45, 7) is 2.27. The molecule has 0 aliphatic carbocycles. The molecule has 0 spiro atoms. The van der Waals surface area contributed by atoms with E-state index in [1.165, 1.54) is 5.69 Å². The standard InChI is InChI=1S/C23H35N7O/c1-28(2)21-14-9-11-19(27-21)17-25-23(26-18-22(31)29(3)4)24-15-10-16-30(5)20-12-7-6-8-13-20/h6-9,11-14H,10,15-18H2,1-5H3,(H2,24,25,26). The first-order valence-electron chi connectivity index (χ1n) is 10.5. The predicted molar refractivity (Wildman–Crippen MR) is 129 cm³/mol. The van der Waals surface area contributed by atoms with Crippen molar-refractivity contribution in [2.45, 2.75) is 13.0 Å². The summed E-state index contributed by atoms with van der Waals surface area (Å²) < 4.78 is 0. The number of pyridine rings is 1. The first kappa shape index (κ1) is 24.0. The van der Waals surface area contributed by atoms with Gasteiger partial charge in [-0.2, -0.15) is 0 Å². The molecule has 0 fully saturated rings. The van der Waals surface area contributed by atoms with Crippen molar-refractivity contribution in [2.24, 2.45) is 4.99 Å². The molecule has 1 aromatic heterocycles. The van der Waals surface area contributed by atoms with E-state index < -0.39 is 0 Å². The SMILES string of the molecule is CN(C)C(=O)CNC(=NCc1cccc(N(C)C)n1)NCCCN(C)c1ccccc1. The summed E-state index contributed by atoms with van der Waals surface area (Å²) in [4.78, 5) is 26.9. The third kappa shape index (κ3) is 8.54. The van der Waals surface area contributed by atoms with Crippen molar-refractivity contribution in [2.75, 3.05) is 64.7 Å². The van der Waals surface area contributed by atoms with Gasteiger partial charge in [0.15, 0.2) is 5.96 Å². The van der Waals surface area contributed by atoms with Crippen LogP contribution >= 0.6 is 0 Å². The molecule has 1 heterocycles. The summed E-state index contributed by atoms with van der Waals surface area (Å²) in [7, 11) is 9.49. The van der Waals surface area contributed by atoms with Gasteiger partial charge < -0.3 is 25.3 Å². The Labute approximate surface area is 186 Å². The maximum atomic E-state index is 12.0. The van der Waals surface area contributed by atoms with E-state index in [0.29, 0.717) is 12.5 Å². The number of hydrogen-bond donors (Lipinski definition) is 2. The second-order valence-electron chi connectivity index (χ2n) is 7.73. The lowest BCUT2D eigenvalue weighted by Crippen LogP contribution is -2.43. The summed E-state index contributed by atoms with van der Waals surface area (Å²) in [6.07, 6.45) is 0.933. The van der Waals surface area contributed by atoms with Crippen LogP contribution < -0.4 is 20.4 Å². The number of nitrogens with zero attached hydrogens (tertiary/aromatic N) is 5. The second kappa shape index (κ2) is 12.4. The zero-order chi connectivity index (χ0) is 22.6. The molecule has 0 aliphatic rings. The Morgan fingerprint density at radius 1 is 0.968 bits per heavy atom. The van der Waals surface area contributed by atoms with E-state index in [4.69, 9.17) is 0 Å². The van der Waals surface area contributed by atoms with E-state index >= 15 is 0 Å². The minimum atomic E-state index is -0.00830. The van der Waals surface area contributed by atoms with Crippen molar-refractivity contribution in [3.8, 4) is 0 Å². The third-order valence-electron chi connectivity index (χ3n) is 4.72. The highest BCUT2D eigenvalue weighted by molar-refractivity contribution is 5.86. The Morgan fingerprint density at radius 3 is 2.39 bits per heavy atom. The van der Waals surface area contributed by atoms with Crippen LogP contribution in [0, 0.1) is 0 Å². The molecule has 0 saturated carbocycles. The molecular formula is C23H35N7O. The minimum absolute atomic E-state index is 0.00830. The topological polar surface area (TPSA) is 76.1 Å². The fourth-order valence-corrected chi connectivity index (χ4v) is 2.79. The monoisotopic (exact) mass is 425 g/mol. The Kier molecular flexibility index (Phi) is 9.61. The lowest BCUT2D eigenvalue weighted by atomic mass is 10.3. The predicted octanol–water partition coefficient (Wildman–Crippen LogP) is 1.80. The number of likely N-dealkylation sites (N-methyl/N-ethyl adjacent to an activating group) is 1. The van der Waals surface area contributed by atoms with Crippen molar-refractivity contribution in [1.82, 2.24) is 20.5 Å². The van der Waals surface area contributed by atoms with E-state index in [1.807, 2.05) is 55.4 Å². The highest BCUT2D eigenvalue weighted by atomic mass is 16.2. The molecule has 31 heavy (non-hydrogen) atoms. The number of para-hydroxylation sites is 1. The molecule has 8 nitrogen and oxygen atoms in total. The van der Waals surface area contributed by atoms with E-state index in [-0.39, 0.29) is 12.5 Å². The Hall–Kier alpha value is -3.29. The van der Waals surface area contributed by atoms with Crippen LogP contribution in [-0.4, -0.2) is 76.6 Å². The van der Waals surface area contributed by atoms with Crippen LogP contribution in [-0.2, 0) is 11.3 Å². The van der Waals surface area contributed by atoms with Gasteiger partial charge in [-0.25, -0.2) is 9.98 Å². The molecule has 1 amide bonds.